The number of imide groups is 1. The second kappa shape index (κ2) is 10.4. The molecule has 0 radical (unpaired) electrons. The minimum absolute atomic E-state index is 0.0312. The number of carbonyl (C=O) groups excluding carboxylic acids is 2. The van der Waals surface area contributed by atoms with E-state index in [1.807, 2.05) is 18.3 Å². The Balaban J connectivity index is 1.17. The lowest BCUT2D eigenvalue weighted by Gasteiger charge is -2.36. The summed E-state index contributed by atoms with van der Waals surface area (Å²) in [5.74, 6) is -1.66. The summed E-state index contributed by atoms with van der Waals surface area (Å²) in [7, 11) is 0. The first-order chi connectivity index (χ1) is 17.0. The number of pyridine rings is 1. The van der Waals surface area contributed by atoms with Crippen LogP contribution < -0.4 is 5.32 Å². The number of halogens is 2. The number of amides is 3. The lowest BCUT2D eigenvalue weighted by molar-refractivity contribution is -0.132. The van der Waals surface area contributed by atoms with Gasteiger partial charge in [-0.1, -0.05) is 12.1 Å². The number of nitrogens with zero attached hydrogens (tertiary/aromatic N) is 3. The number of urea groups is 1. The number of carbonyl (C=O) groups is 2. The Labute approximate surface area is 204 Å². The Kier molecular flexibility index (Phi) is 7.09. The van der Waals surface area contributed by atoms with Gasteiger partial charge in [0.05, 0.1) is 6.04 Å². The van der Waals surface area contributed by atoms with E-state index in [1.54, 1.807) is 0 Å². The van der Waals surface area contributed by atoms with Crippen LogP contribution in [0, 0.1) is 11.6 Å². The third kappa shape index (κ3) is 5.22. The van der Waals surface area contributed by atoms with E-state index in [1.165, 1.54) is 16.7 Å². The Morgan fingerprint density at radius 1 is 1.00 bits per heavy atom. The van der Waals surface area contributed by atoms with Crippen LogP contribution in [0.4, 0.5) is 13.6 Å². The van der Waals surface area contributed by atoms with Crippen molar-refractivity contribution in [2.45, 2.75) is 75.4 Å². The fourth-order valence-corrected chi connectivity index (χ4v) is 6.00. The van der Waals surface area contributed by atoms with E-state index in [9.17, 15) is 18.4 Å². The molecule has 186 valence electrons. The van der Waals surface area contributed by atoms with Gasteiger partial charge in [0.1, 0.15) is 0 Å². The predicted octanol–water partition coefficient (Wildman–Crippen LogP) is 4.92. The molecule has 0 spiro atoms. The van der Waals surface area contributed by atoms with Gasteiger partial charge in [-0.3, -0.25) is 19.6 Å². The molecule has 2 aliphatic heterocycles. The first kappa shape index (κ1) is 23.9. The fourth-order valence-electron chi connectivity index (χ4n) is 6.00. The number of benzene rings is 1. The lowest BCUT2D eigenvalue weighted by atomic mass is 9.83. The highest BCUT2D eigenvalue weighted by atomic mass is 19.2. The zero-order chi connectivity index (χ0) is 24.4. The number of hydrogen-bond donors (Lipinski definition) is 1. The van der Waals surface area contributed by atoms with E-state index in [-0.39, 0.29) is 18.4 Å². The molecule has 3 heterocycles. The van der Waals surface area contributed by atoms with Crippen LogP contribution in [0.3, 0.4) is 0 Å². The lowest BCUT2D eigenvalue weighted by Crippen LogP contribution is -2.51. The van der Waals surface area contributed by atoms with Gasteiger partial charge in [0, 0.05) is 49.4 Å². The van der Waals surface area contributed by atoms with Crippen molar-refractivity contribution in [3.05, 3.63) is 65.5 Å². The Bertz CT molecular complexity index is 1060. The summed E-state index contributed by atoms with van der Waals surface area (Å²) in [5.41, 5.74) is 1.63. The average molecular weight is 483 g/mol. The van der Waals surface area contributed by atoms with E-state index < -0.39 is 23.7 Å². The Hall–Kier alpha value is -2.87. The SMILES string of the molecule is O=C1CCCC(c2ccc(F)c(F)c2)N1C(=O)NC1CCN(C2CCC(c3ccccn3)CC2)C1. The summed E-state index contributed by atoms with van der Waals surface area (Å²) in [6.45, 7) is 1.69. The first-order valence-electron chi connectivity index (χ1n) is 12.7. The molecule has 35 heavy (non-hydrogen) atoms. The summed E-state index contributed by atoms with van der Waals surface area (Å²) in [4.78, 5) is 34.1. The third-order valence-electron chi connectivity index (χ3n) is 7.86. The Morgan fingerprint density at radius 2 is 1.83 bits per heavy atom. The largest absolute Gasteiger partial charge is 0.334 e. The summed E-state index contributed by atoms with van der Waals surface area (Å²) in [5, 5.41) is 3.06. The van der Waals surface area contributed by atoms with E-state index in [0.717, 1.165) is 57.3 Å². The standard InChI is InChI=1S/C27H32F2N4O2/c28-22-12-9-19(16-23(22)29)25-5-3-6-26(34)33(25)27(35)31-20-13-15-32(17-20)21-10-7-18(8-11-21)24-4-1-2-14-30-24/h1-2,4,9,12,14,16,18,20-21,25H,3,5-8,10-11,13,15,17H2,(H,31,35). The van der Waals surface area contributed by atoms with Gasteiger partial charge in [0.25, 0.3) is 0 Å². The van der Waals surface area contributed by atoms with Gasteiger partial charge >= 0.3 is 6.03 Å². The molecule has 1 aromatic heterocycles. The molecule has 2 saturated heterocycles. The van der Waals surface area contributed by atoms with Crippen molar-refractivity contribution in [2.24, 2.45) is 0 Å². The van der Waals surface area contributed by atoms with E-state index in [0.29, 0.717) is 30.4 Å². The predicted molar refractivity (Wildman–Crippen MR) is 128 cm³/mol. The van der Waals surface area contributed by atoms with E-state index >= 15 is 0 Å². The molecule has 1 N–H and O–H groups in total. The summed E-state index contributed by atoms with van der Waals surface area (Å²) in [6, 6.07) is 9.18. The van der Waals surface area contributed by atoms with Crippen molar-refractivity contribution < 1.29 is 18.4 Å². The van der Waals surface area contributed by atoms with Gasteiger partial charge in [0.2, 0.25) is 5.91 Å². The molecule has 5 rings (SSSR count). The first-order valence-corrected chi connectivity index (χ1v) is 12.7. The van der Waals surface area contributed by atoms with Crippen LogP contribution in [-0.2, 0) is 4.79 Å². The molecular formula is C27H32F2N4O2. The summed E-state index contributed by atoms with van der Waals surface area (Å²) < 4.78 is 27.3. The van der Waals surface area contributed by atoms with Gasteiger partial charge in [-0.2, -0.15) is 0 Å². The number of hydrogen-bond acceptors (Lipinski definition) is 4. The number of likely N-dealkylation sites (tertiary alicyclic amines) is 2. The maximum atomic E-state index is 13.8. The zero-order valence-electron chi connectivity index (χ0n) is 19.8. The van der Waals surface area contributed by atoms with Crippen LogP contribution in [0.2, 0.25) is 0 Å². The molecule has 8 heteroatoms. The molecule has 1 aromatic carbocycles. The molecule has 3 amide bonds. The Morgan fingerprint density at radius 3 is 2.57 bits per heavy atom. The molecule has 3 fully saturated rings. The monoisotopic (exact) mass is 482 g/mol. The average Bonchev–Trinajstić information content (AvgIpc) is 3.34. The maximum Gasteiger partial charge on any atom is 0.324 e. The van der Waals surface area contributed by atoms with Crippen LogP contribution in [0.15, 0.2) is 42.6 Å². The molecule has 2 aromatic rings. The van der Waals surface area contributed by atoms with Crippen LogP contribution in [0.1, 0.15) is 74.6 Å². The minimum atomic E-state index is -0.968. The zero-order valence-corrected chi connectivity index (χ0v) is 19.8. The molecule has 0 bridgehead atoms. The fraction of sp³-hybridized carbons (Fsp3) is 0.519. The third-order valence-corrected chi connectivity index (χ3v) is 7.86. The van der Waals surface area contributed by atoms with Crippen LogP contribution >= 0.6 is 0 Å². The van der Waals surface area contributed by atoms with Crippen molar-refractivity contribution in [1.29, 1.82) is 0 Å². The number of rotatable bonds is 4. The normalized spacial score (nSPS) is 27.7. The molecule has 2 unspecified atom stereocenters. The van der Waals surface area contributed by atoms with Crippen LogP contribution in [0.25, 0.3) is 0 Å². The smallest absolute Gasteiger partial charge is 0.324 e. The quantitative estimate of drug-likeness (QED) is 0.672. The summed E-state index contributed by atoms with van der Waals surface area (Å²) in [6.07, 6.45) is 8.61. The van der Waals surface area contributed by atoms with Crippen LogP contribution in [-0.4, -0.2) is 51.9 Å². The van der Waals surface area contributed by atoms with Crippen molar-refractivity contribution in [1.82, 2.24) is 20.1 Å². The molecular weight excluding hydrogens is 450 g/mol. The van der Waals surface area contributed by atoms with Crippen molar-refractivity contribution >= 4 is 11.9 Å². The van der Waals surface area contributed by atoms with Gasteiger partial charge in [-0.15, -0.1) is 0 Å². The molecule has 1 saturated carbocycles. The second-order valence-electron chi connectivity index (χ2n) is 10.0. The van der Waals surface area contributed by atoms with Crippen molar-refractivity contribution in [3.63, 3.8) is 0 Å². The molecule has 3 aliphatic rings. The topological polar surface area (TPSA) is 65.5 Å². The minimum Gasteiger partial charge on any atom is -0.334 e. The highest BCUT2D eigenvalue weighted by molar-refractivity contribution is 5.95. The summed E-state index contributed by atoms with van der Waals surface area (Å²) >= 11 is 0. The van der Waals surface area contributed by atoms with E-state index in [2.05, 4.69) is 21.3 Å². The van der Waals surface area contributed by atoms with Gasteiger partial charge in [-0.05, 0) is 74.8 Å². The molecule has 2 atom stereocenters. The number of nitrogens with one attached hydrogen (secondary N) is 1. The van der Waals surface area contributed by atoms with E-state index in [4.69, 9.17) is 0 Å². The highest BCUT2D eigenvalue weighted by Crippen LogP contribution is 2.35. The second-order valence-corrected chi connectivity index (χ2v) is 10.0. The maximum absolute atomic E-state index is 13.8. The van der Waals surface area contributed by atoms with Crippen molar-refractivity contribution in [2.75, 3.05) is 13.1 Å². The number of aromatic nitrogens is 1. The van der Waals surface area contributed by atoms with Gasteiger partial charge < -0.3 is 5.32 Å². The van der Waals surface area contributed by atoms with Gasteiger partial charge in [0.15, 0.2) is 11.6 Å². The molecule has 6 nitrogen and oxygen atoms in total. The molecule has 1 aliphatic carbocycles. The highest BCUT2D eigenvalue weighted by Gasteiger charge is 2.37. The van der Waals surface area contributed by atoms with Crippen molar-refractivity contribution in [3.8, 4) is 0 Å². The van der Waals surface area contributed by atoms with Gasteiger partial charge in [-0.25, -0.2) is 13.6 Å². The number of piperidine rings is 1. The van der Waals surface area contributed by atoms with Crippen LogP contribution in [0.5, 0.6) is 0 Å².